The number of carbonyl (C=O) groups excluding carboxylic acids is 1. The van der Waals surface area contributed by atoms with E-state index in [2.05, 4.69) is 11.9 Å². The van der Waals surface area contributed by atoms with Crippen molar-refractivity contribution in [2.24, 2.45) is 4.99 Å². The Balaban J connectivity index is 0.000000293. The SMILES string of the molecule is C[NH+]1CCN(C2=Nc3ccccc3Oc3ccc(Cl)cc32)CC1.O=C([O-])CCC(=O)O. The van der Waals surface area contributed by atoms with Crippen LogP contribution in [-0.4, -0.2) is 61.0 Å². The molecule has 2 heterocycles. The average molecular weight is 446 g/mol. The Morgan fingerprint density at radius 3 is 2.52 bits per heavy atom. The lowest BCUT2D eigenvalue weighted by Crippen LogP contribution is -3.12. The number of nitrogens with zero attached hydrogens (tertiary/aromatic N) is 2. The van der Waals surface area contributed by atoms with Crippen molar-refractivity contribution in [3.63, 3.8) is 0 Å². The van der Waals surface area contributed by atoms with Gasteiger partial charge in [-0.3, -0.25) is 4.79 Å². The molecule has 2 aliphatic heterocycles. The molecule has 164 valence electrons. The van der Waals surface area contributed by atoms with Crippen molar-refractivity contribution < 1.29 is 29.4 Å². The zero-order valence-corrected chi connectivity index (χ0v) is 17.9. The zero-order valence-electron chi connectivity index (χ0n) is 17.1. The van der Waals surface area contributed by atoms with Gasteiger partial charge in [0.15, 0.2) is 5.75 Å². The van der Waals surface area contributed by atoms with Crippen LogP contribution in [0, 0.1) is 0 Å². The number of aliphatic carboxylic acids is 2. The molecule has 0 radical (unpaired) electrons. The maximum absolute atomic E-state index is 9.61. The third kappa shape index (κ3) is 6.19. The van der Waals surface area contributed by atoms with E-state index in [9.17, 15) is 14.7 Å². The number of piperazine rings is 1. The number of halogens is 1. The van der Waals surface area contributed by atoms with E-state index in [0.717, 1.165) is 54.8 Å². The van der Waals surface area contributed by atoms with Crippen molar-refractivity contribution in [2.75, 3.05) is 33.2 Å². The lowest BCUT2D eigenvalue weighted by atomic mass is 10.1. The molecule has 2 aromatic carbocycles. The number of hydrogen-bond acceptors (Lipinski definition) is 6. The maximum atomic E-state index is 9.61. The van der Waals surface area contributed by atoms with Crippen LogP contribution in [0.2, 0.25) is 5.02 Å². The van der Waals surface area contributed by atoms with Crippen LogP contribution in [0.5, 0.6) is 11.5 Å². The Kier molecular flexibility index (Phi) is 7.49. The number of quaternary nitrogens is 1. The summed E-state index contributed by atoms with van der Waals surface area (Å²) in [6.45, 7) is 4.19. The van der Waals surface area contributed by atoms with E-state index < -0.39 is 18.4 Å². The van der Waals surface area contributed by atoms with Gasteiger partial charge in [-0.05, 0) is 36.8 Å². The number of carboxylic acids is 2. The summed E-state index contributed by atoms with van der Waals surface area (Å²) in [6.07, 6.45) is -0.766. The molecule has 0 amide bonds. The predicted molar refractivity (Wildman–Crippen MR) is 114 cm³/mol. The molecule has 0 spiro atoms. The van der Waals surface area contributed by atoms with Crippen LogP contribution in [0.3, 0.4) is 0 Å². The van der Waals surface area contributed by atoms with Crippen molar-refractivity contribution in [3.8, 4) is 11.5 Å². The molecule has 8 nitrogen and oxygen atoms in total. The van der Waals surface area contributed by atoms with E-state index in [-0.39, 0.29) is 6.42 Å². The Morgan fingerprint density at radius 2 is 1.87 bits per heavy atom. The van der Waals surface area contributed by atoms with Crippen LogP contribution < -0.4 is 14.7 Å². The number of para-hydroxylation sites is 2. The second-order valence-corrected chi connectivity index (χ2v) is 7.79. The zero-order chi connectivity index (χ0) is 22.4. The molecule has 31 heavy (non-hydrogen) atoms. The number of nitrogens with one attached hydrogen (secondary N) is 1. The molecule has 0 aromatic heterocycles. The van der Waals surface area contributed by atoms with Gasteiger partial charge in [-0.25, -0.2) is 4.99 Å². The highest BCUT2D eigenvalue weighted by molar-refractivity contribution is 6.31. The van der Waals surface area contributed by atoms with Crippen LogP contribution >= 0.6 is 11.6 Å². The maximum Gasteiger partial charge on any atom is 0.303 e. The molecule has 2 N–H and O–H groups in total. The van der Waals surface area contributed by atoms with Crippen LogP contribution in [0.15, 0.2) is 47.5 Å². The first-order chi connectivity index (χ1) is 14.8. The topological polar surface area (TPSA) is 107 Å². The summed E-state index contributed by atoms with van der Waals surface area (Å²) >= 11 is 6.24. The minimum absolute atomic E-state index is 0.359. The van der Waals surface area contributed by atoms with Gasteiger partial charge in [-0.2, -0.15) is 0 Å². The number of aliphatic imine (C=N–C) groups is 1. The number of ether oxygens (including phenoxy) is 1. The first kappa shape index (κ1) is 22.6. The number of carboxylic acid groups (broad SMARTS) is 2. The Morgan fingerprint density at radius 1 is 1.16 bits per heavy atom. The van der Waals surface area contributed by atoms with Gasteiger partial charge in [0.1, 0.15) is 17.3 Å². The largest absolute Gasteiger partial charge is 0.550 e. The summed E-state index contributed by atoms with van der Waals surface area (Å²) in [5.41, 5.74) is 1.83. The second kappa shape index (κ2) is 10.3. The first-order valence-corrected chi connectivity index (χ1v) is 10.3. The van der Waals surface area contributed by atoms with Gasteiger partial charge >= 0.3 is 5.97 Å². The molecular weight excluding hydrogens is 422 g/mol. The van der Waals surface area contributed by atoms with Crippen molar-refractivity contribution in [2.45, 2.75) is 12.8 Å². The highest BCUT2D eigenvalue weighted by Crippen LogP contribution is 2.38. The van der Waals surface area contributed by atoms with E-state index in [1.807, 2.05) is 42.5 Å². The van der Waals surface area contributed by atoms with E-state index in [1.165, 1.54) is 0 Å². The monoisotopic (exact) mass is 445 g/mol. The third-order valence-corrected chi connectivity index (χ3v) is 5.19. The summed E-state index contributed by atoms with van der Waals surface area (Å²) < 4.78 is 6.09. The van der Waals surface area contributed by atoms with Crippen LogP contribution in [0.25, 0.3) is 0 Å². The number of amidine groups is 1. The summed E-state index contributed by atoms with van der Waals surface area (Å²) in [4.78, 5) is 28.0. The van der Waals surface area contributed by atoms with Crippen LogP contribution in [-0.2, 0) is 9.59 Å². The van der Waals surface area contributed by atoms with Crippen molar-refractivity contribution in [3.05, 3.63) is 53.1 Å². The molecule has 2 aliphatic rings. The van der Waals surface area contributed by atoms with Crippen molar-refractivity contribution in [1.29, 1.82) is 0 Å². The molecule has 1 saturated heterocycles. The molecule has 0 aliphatic carbocycles. The summed E-state index contributed by atoms with van der Waals surface area (Å²) in [5, 5.41) is 18.1. The van der Waals surface area contributed by atoms with Gasteiger partial charge in [0.25, 0.3) is 0 Å². The molecule has 1 fully saturated rings. The number of hydrogen-bond donors (Lipinski definition) is 2. The smallest absolute Gasteiger partial charge is 0.303 e. The molecule has 0 saturated carbocycles. The van der Waals surface area contributed by atoms with Crippen LogP contribution in [0.4, 0.5) is 5.69 Å². The molecular formula is C22H24ClN3O5. The van der Waals surface area contributed by atoms with Gasteiger partial charge in [0, 0.05) is 11.0 Å². The van der Waals surface area contributed by atoms with Crippen molar-refractivity contribution in [1.82, 2.24) is 4.90 Å². The molecule has 4 rings (SSSR count). The Hall–Kier alpha value is -3.10. The van der Waals surface area contributed by atoms with Gasteiger partial charge in [-0.15, -0.1) is 0 Å². The summed E-state index contributed by atoms with van der Waals surface area (Å²) in [6, 6.07) is 13.6. The summed E-state index contributed by atoms with van der Waals surface area (Å²) in [5.74, 6) is 0.108. The van der Waals surface area contributed by atoms with E-state index in [0.29, 0.717) is 5.02 Å². The van der Waals surface area contributed by atoms with Crippen molar-refractivity contribution >= 4 is 35.1 Å². The number of benzene rings is 2. The number of likely N-dealkylation sites (N-methyl/N-ethyl adjacent to an activating group) is 1. The van der Waals surface area contributed by atoms with Gasteiger partial charge in [0.05, 0.1) is 45.2 Å². The van der Waals surface area contributed by atoms with E-state index in [4.69, 9.17) is 26.4 Å². The Labute approximate surface area is 185 Å². The number of carbonyl (C=O) groups is 2. The minimum atomic E-state index is -1.33. The normalized spacial score (nSPS) is 15.3. The van der Waals surface area contributed by atoms with E-state index >= 15 is 0 Å². The molecule has 0 bridgehead atoms. The molecule has 9 heteroatoms. The Bertz CT molecular complexity index is 973. The summed E-state index contributed by atoms with van der Waals surface area (Å²) in [7, 11) is 2.23. The van der Waals surface area contributed by atoms with Gasteiger partial charge in [0.2, 0.25) is 0 Å². The fraction of sp³-hybridized carbons (Fsp3) is 0.318. The molecule has 2 aromatic rings. The molecule has 0 unspecified atom stereocenters. The first-order valence-electron chi connectivity index (χ1n) is 9.97. The third-order valence-electron chi connectivity index (χ3n) is 4.95. The van der Waals surface area contributed by atoms with Crippen LogP contribution in [0.1, 0.15) is 18.4 Å². The average Bonchev–Trinajstić information content (AvgIpc) is 2.90. The lowest BCUT2D eigenvalue weighted by Gasteiger charge is -2.32. The number of rotatable bonds is 3. The minimum Gasteiger partial charge on any atom is -0.550 e. The quantitative estimate of drug-likeness (QED) is 0.728. The molecule has 0 atom stereocenters. The second-order valence-electron chi connectivity index (χ2n) is 7.36. The van der Waals surface area contributed by atoms with Gasteiger partial charge < -0.3 is 29.5 Å². The number of fused-ring (bicyclic) bond motifs is 2. The van der Waals surface area contributed by atoms with E-state index in [1.54, 1.807) is 4.90 Å². The fourth-order valence-electron chi connectivity index (χ4n) is 3.24. The highest BCUT2D eigenvalue weighted by atomic mass is 35.5. The highest BCUT2D eigenvalue weighted by Gasteiger charge is 2.26. The standard InChI is InChI=1S/C18H18ClN3O.C4H6O4/c1-21-8-10-22(11-9-21)18-14-12-13(19)6-7-16(14)23-17-5-3-2-4-15(17)20-18;5-3(6)1-2-4(7)8/h2-7,12H,8-11H2,1H3;1-2H2,(H,5,6)(H,7,8). The fourth-order valence-corrected chi connectivity index (χ4v) is 3.42. The predicted octanol–water partition coefficient (Wildman–Crippen LogP) is 0.955. The van der Waals surface area contributed by atoms with Gasteiger partial charge in [-0.1, -0.05) is 23.7 Å². The lowest BCUT2D eigenvalue weighted by molar-refractivity contribution is -0.883.